The van der Waals surface area contributed by atoms with Gasteiger partial charge < -0.3 is 10.2 Å². The van der Waals surface area contributed by atoms with Gasteiger partial charge in [-0.1, -0.05) is 19.1 Å². The molecule has 0 radical (unpaired) electrons. The highest BCUT2D eigenvalue weighted by atomic mass is 32.2. The van der Waals surface area contributed by atoms with Gasteiger partial charge in [-0.3, -0.25) is 9.59 Å². The first-order valence-electron chi connectivity index (χ1n) is 11.1. The lowest BCUT2D eigenvalue weighted by Crippen LogP contribution is -2.37. The second-order valence-electron chi connectivity index (χ2n) is 8.68. The Kier molecular flexibility index (Phi) is 6.62. The van der Waals surface area contributed by atoms with Crippen molar-refractivity contribution in [3.63, 3.8) is 0 Å². The van der Waals surface area contributed by atoms with Crippen molar-refractivity contribution < 1.29 is 18.0 Å². The van der Waals surface area contributed by atoms with Crippen LogP contribution in [0.1, 0.15) is 48.5 Å². The molecule has 0 aliphatic carbocycles. The summed E-state index contributed by atoms with van der Waals surface area (Å²) >= 11 is 0. The number of nitrogens with zero attached hydrogens (tertiary/aromatic N) is 2. The van der Waals surface area contributed by atoms with Crippen molar-refractivity contribution in [2.24, 2.45) is 5.92 Å². The van der Waals surface area contributed by atoms with Crippen LogP contribution in [0, 0.1) is 5.92 Å². The van der Waals surface area contributed by atoms with Gasteiger partial charge >= 0.3 is 0 Å². The van der Waals surface area contributed by atoms with Gasteiger partial charge in [0.15, 0.2) is 0 Å². The number of carbonyl (C=O) groups excluding carboxylic acids is 2. The van der Waals surface area contributed by atoms with Crippen molar-refractivity contribution in [3.05, 3.63) is 59.7 Å². The molecule has 0 atom stereocenters. The number of hydrogen-bond acceptors (Lipinski definition) is 4. The first kappa shape index (κ1) is 22.5. The van der Waals surface area contributed by atoms with Crippen LogP contribution in [0.3, 0.4) is 0 Å². The number of amides is 2. The molecule has 0 unspecified atom stereocenters. The summed E-state index contributed by atoms with van der Waals surface area (Å²) in [6.45, 7) is 4.50. The lowest BCUT2D eigenvalue weighted by atomic mass is 10.0. The van der Waals surface area contributed by atoms with E-state index < -0.39 is 10.0 Å². The highest BCUT2D eigenvalue weighted by molar-refractivity contribution is 7.89. The monoisotopic (exact) mass is 455 g/mol. The number of likely N-dealkylation sites (tertiary alicyclic amines) is 1. The van der Waals surface area contributed by atoms with Crippen LogP contribution in [0.4, 0.5) is 5.69 Å². The number of carbonyl (C=O) groups is 2. The number of rotatable bonds is 6. The molecule has 0 aromatic heterocycles. The van der Waals surface area contributed by atoms with Crippen LogP contribution in [0.2, 0.25) is 0 Å². The number of sulfonamides is 1. The quantitative estimate of drug-likeness (QED) is 0.723. The van der Waals surface area contributed by atoms with E-state index in [1.54, 1.807) is 18.2 Å². The Morgan fingerprint density at radius 2 is 1.78 bits per heavy atom. The van der Waals surface area contributed by atoms with Crippen molar-refractivity contribution >= 4 is 27.5 Å². The molecule has 2 fully saturated rings. The third-order valence-electron chi connectivity index (χ3n) is 6.23. The normalized spacial score (nSPS) is 18.2. The van der Waals surface area contributed by atoms with E-state index in [4.69, 9.17) is 0 Å². The van der Waals surface area contributed by atoms with Gasteiger partial charge in [0, 0.05) is 43.9 Å². The number of anilines is 1. The molecular formula is C24H29N3O4S. The van der Waals surface area contributed by atoms with E-state index in [9.17, 15) is 18.0 Å². The van der Waals surface area contributed by atoms with Crippen LogP contribution in [-0.4, -0.2) is 49.1 Å². The van der Waals surface area contributed by atoms with Crippen molar-refractivity contribution in [2.45, 2.75) is 44.0 Å². The van der Waals surface area contributed by atoms with Crippen LogP contribution < -0.4 is 5.32 Å². The van der Waals surface area contributed by atoms with Crippen molar-refractivity contribution in [1.82, 2.24) is 9.21 Å². The minimum absolute atomic E-state index is 0.161. The molecule has 170 valence electrons. The second-order valence-corrected chi connectivity index (χ2v) is 10.6. The van der Waals surface area contributed by atoms with E-state index >= 15 is 0 Å². The van der Waals surface area contributed by atoms with Gasteiger partial charge in [-0.2, -0.15) is 4.31 Å². The molecule has 0 bridgehead atoms. The lowest BCUT2D eigenvalue weighted by molar-refractivity contribution is -0.128. The van der Waals surface area contributed by atoms with Gasteiger partial charge in [0.25, 0.3) is 5.91 Å². The molecule has 2 heterocycles. The van der Waals surface area contributed by atoms with Gasteiger partial charge in [0.1, 0.15) is 0 Å². The van der Waals surface area contributed by atoms with E-state index in [1.807, 2.05) is 23.1 Å². The number of hydrogen-bond donors (Lipinski definition) is 1. The molecular weight excluding hydrogens is 426 g/mol. The van der Waals surface area contributed by atoms with Gasteiger partial charge in [-0.15, -0.1) is 0 Å². The summed E-state index contributed by atoms with van der Waals surface area (Å²) in [5, 5.41) is 2.86. The highest BCUT2D eigenvalue weighted by Gasteiger charge is 2.28. The summed E-state index contributed by atoms with van der Waals surface area (Å²) in [4.78, 5) is 26.6. The largest absolute Gasteiger partial charge is 0.338 e. The minimum atomic E-state index is -3.54. The van der Waals surface area contributed by atoms with E-state index in [0.717, 1.165) is 31.4 Å². The first-order chi connectivity index (χ1) is 15.3. The summed E-state index contributed by atoms with van der Waals surface area (Å²) in [6.07, 6.45) is 3.21. The molecule has 2 saturated heterocycles. The Morgan fingerprint density at radius 1 is 1.06 bits per heavy atom. The minimum Gasteiger partial charge on any atom is -0.338 e. The van der Waals surface area contributed by atoms with E-state index in [2.05, 4.69) is 12.2 Å². The average molecular weight is 456 g/mol. The summed E-state index contributed by atoms with van der Waals surface area (Å²) in [5.41, 5.74) is 1.98. The summed E-state index contributed by atoms with van der Waals surface area (Å²) in [5.74, 6) is 0.394. The zero-order chi connectivity index (χ0) is 22.7. The van der Waals surface area contributed by atoms with Crippen molar-refractivity contribution in [1.29, 1.82) is 0 Å². The van der Waals surface area contributed by atoms with Gasteiger partial charge in [-0.05, 0) is 67.1 Å². The fourth-order valence-electron chi connectivity index (χ4n) is 4.19. The zero-order valence-corrected chi connectivity index (χ0v) is 19.1. The maximum absolute atomic E-state index is 12.9. The Morgan fingerprint density at radius 3 is 2.44 bits per heavy atom. The van der Waals surface area contributed by atoms with Crippen LogP contribution in [0.25, 0.3) is 0 Å². The van der Waals surface area contributed by atoms with E-state index in [1.165, 1.54) is 16.4 Å². The molecule has 2 amide bonds. The Labute approximate surface area is 189 Å². The molecule has 2 aromatic carbocycles. The molecule has 2 aromatic rings. The topological polar surface area (TPSA) is 86.8 Å². The molecule has 2 aliphatic rings. The Balaban J connectivity index is 1.41. The van der Waals surface area contributed by atoms with Crippen molar-refractivity contribution in [2.75, 3.05) is 25.0 Å². The molecule has 7 nitrogen and oxygen atoms in total. The van der Waals surface area contributed by atoms with E-state index in [-0.39, 0.29) is 16.7 Å². The highest BCUT2D eigenvalue weighted by Crippen LogP contribution is 2.24. The predicted molar refractivity (Wildman–Crippen MR) is 123 cm³/mol. The lowest BCUT2D eigenvalue weighted by Gasteiger charge is -2.29. The fraction of sp³-hybridized carbons (Fsp3) is 0.417. The standard InChI is InChI=1S/C24H29N3O4S/c1-18-11-14-27(15-12-18)32(30,31)22-9-7-20(8-10-22)24(29)25-21-5-2-4-19(16-21)17-26-13-3-6-23(26)28/h2,4-5,7-10,16,18H,3,6,11-15,17H2,1H3,(H,25,29). The fourth-order valence-corrected chi connectivity index (χ4v) is 5.66. The maximum Gasteiger partial charge on any atom is 0.255 e. The third-order valence-corrected chi connectivity index (χ3v) is 8.14. The summed E-state index contributed by atoms with van der Waals surface area (Å²) in [7, 11) is -3.54. The molecule has 0 saturated carbocycles. The number of piperidine rings is 1. The average Bonchev–Trinajstić information content (AvgIpc) is 3.18. The summed E-state index contributed by atoms with van der Waals surface area (Å²) < 4.78 is 27.3. The van der Waals surface area contributed by atoms with Crippen LogP contribution in [-0.2, 0) is 21.4 Å². The predicted octanol–water partition coefficient (Wildman–Crippen LogP) is 3.48. The van der Waals surface area contributed by atoms with Crippen molar-refractivity contribution in [3.8, 4) is 0 Å². The number of nitrogens with one attached hydrogen (secondary N) is 1. The maximum atomic E-state index is 12.9. The third kappa shape index (κ3) is 5.02. The molecule has 8 heteroatoms. The smallest absolute Gasteiger partial charge is 0.255 e. The second kappa shape index (κ2) is 9.42. The van der Waals surface area contributed by atoms with E-state index in [0.29, 0.717) is 43.2 Å². The Bertz CT molecular complexity index is 1090. The molecule has 4 rings (SSSR count). The SMILES string of the molecule is CC1CCN(S(=O)(=O)c2ccc(C(=O)Nc3cccc(CN4CCCC4=O)c3)cc2)CC1. The van der Waals surface area contributed by atoms with Crippen LogP contribution in [0.5, 0.6) is 0 Å². The molecule has 1 N–H and O–H groups in total. The Hall–Kier alpha value is -2.71. The summed E-state index contributed by atoms with van der Waals surface area (Å²) in [6, 6.07) is 13.5. The van der Waals surface area contributed by atoms with Crippen LogP contribution in [0.15, 0.2) is 53.4 Å². The van der Waals surface area contributed by atoms with Gasteiger partial charge in [0.05, 0.1) is 4.90 Å². The zero-order valence-electron chi connectivity index (χ0n) is 18.3. The van der Waals surface area contributed by atoms with Gasteiger partial charge in [-0.25, -0.2) is 8.42 Å². The first-order valence-corrected chi connectivity index (χ1v) is 12.6. The molecule has 2 aliphatic heterocycles. The number of benzene rings is 2. The molecule has 32 heavy (non-hydrogen) atoms. The van der Waals surface area contributed by atoms with Gasteiger partial charge in [0.2, 0.25) is 15.9 Å². The van der Waals surface area contributed by atoms with Crippen LogP contribution >= 0.6 is 0 Å². The molecule has 0 spiro atoms.